The van der Waals surface area contributed by atoms with Gasteiger partial charge in [-0.15, -0.1) is 0 Å². The Morgan fingerprint density at radius 1 is 1.44 bits per heavy atom. The Balaban J connectivity index is 2.12. The number of ketones is 1. The molecule has 0 saturated carbocycles. The van der Waals surface area contributed by atoms with Gasteiger partial charge < -0.3 is 5.73 Å². The van der Waals surface area contributed by atoms with Gasteiger partial charge in [0.25, 0.3) is 0 Å². The molecule has 1 saturated heterocycles. The number of rotatable bonds is 3. The molecule has 0 aliphatic carbocycles. The number of carbonyl (C=O) groups is 1. The van der Waals surface area contributed by atoms with E-state index in [-0.39, 0.29) is 23.4 Å². The van der Waals surface area contributed by atoms with Crippen molar-refractivity contribution >= 4 is 5.78 Å². The Hall–Kier alpha value is -1.33. The molecule has 2 unspecified atom stereocenters. The number of hydrogen-bond acceptors (Lipinski definition) is 3. The molecule has 0 bridgehead atoms. The van der Waals surface area contributed by atoms with Crippen LogP contribution in [0, 0.1) is 11.6 Å². The second-order valence-corrected chi connectivity index (χ2v) is 4.71. The van der Waals surface area contributed by atoms with Crippen LogP contribution in [0.3, 0.4) is 0 Å². The normalized spacial score (nSPS) is 22.1. The first-order chi connectivity index (χ1) is 8.49. The maximum atomic E-state index is 13.1. The summed E-state index contributed by atoms with van der Waals surface area (Å²) in [5.41, 5.74) is 5.98. The van der Waals surface area contributed by atoms with Crippen LogP contribution in [0.25, 0.3) is 0 Å². The fourth-order valence-corrected chi connectivity index (χ4v) is 2.22. The Bertz CT molecular complexity index is 464. The summed E-state index contributed by atoms with van der Waals surface area (Å²) >= 11 is 0. The van der Waals surface area contributed by atoms with Crippen LogP contribution in [-0.4, -0.2) is 35.9 Å². The first-order valence-corrected chi connectivity index (χ1v) is 5.98. The highest BCUT2D eigenvalue weighted by molar-refractivity contribution is 5.99. The van der Waals surface area contributed by atoms with Gasteiger partial charge in [0.2, 0.25) is 0 Å². The number of likely N-dealkylation sites (tertiary alicyclic amines) is 1. The SMILES string of the molecule is CC(C(=O)c1ccc(F)c(F)c1)N1CCC(N)C1. The molecule has 2 atom stereocenters. The van der Waals surface area contributed by atoms with Crippen LogP contribution >= 0.6 is 0 Å². The number of hydrogen-bond donors (Lipinski definition) is 1. The number of benzene rings is 1. The van der Waals surface area contributed by atoms with E-state index in [1.165, 1.54) is 6.07 Å². The van der Waals surface area contributed by atoms with Crippen molar-refractivity contribution in [1.29, 1.82) is 0 Å². The number of Topliss-reactive ketones (excluding diaryl/α,β-unsaturated/α-hetero) is 1. The maximum absolute atomic E-state index is 13.1. The second kappa shape index (κ2) is 5.12. The van der Waals surface area contributed by atoms with E-state index in [9.17, 15) is 13.6 Å². The van der Waals surface area contributed by atoms with Gasteiger partial charge in [0, 0.05) is 24.7 Å². The molecule has 0 amide bonds. The van der Waals surface area contributed by atoms with Gasteiger partial charge in [0.1, 0.15) is 0 Å². The van der Waals surface area contributed by atoms with Gasteiger partial charge in [-0.3, -0.25) is 9.69 Å². The van der Waals surface area contributed by atoms with Crippen molar-refractivity contribution < 1.29 is 13.6 Å². The standard InChI is InChI=1S/C13H16F2N2O/c1-8(17-5-4-10(16)7-17)13(18)9-2-3-11(14)12(15)6-9/h2-3,6,8,10H,4-5,7,16H2,1H3. The molecule has 0 spiro atoms. The summed E-state index contributed by atoms with van der Waals surface area (Å²) in [6.07, 6.45) is 0.857. The Kier molecular flexibility index (Phi) is 3.73. The third-order valence-corrected chi connectivity index (χ3v) is 3.39. The highest BCUT2D eigenvalue weighted by Gasteiger charge is 2.28. The zero-order valence-corrected chi connectivity index (χ0v) is 10.2. The van der Waals surface area contributed by atoms with E-state index in [4.69, 9.17) is 5.73 Å². The quantitative estimate of drug-likeness (QED) is 0.833. The fourth-order valence-electron chi connectivity index (χ4n) is 2.22. The van der Waals surface area contributed by atoms with Gasteiger partial charge in [-0.25, -0.2) is 8.78 Å². The summed E-state index contributed by atoms with van der Waals surface area (Å²) in [5, 5.41) is 0. The predicted molar refractivity (Wildman–Crippen MR) is 64.3 cm³/mol. The molecule has 18 heavy (non-hydrogen) atoms. The van der Waals surface area contributed by atoms with E-state index < -0.39 is 11.6 Å². The van der Waals surface area contributed by atoms with Gasteiger partial charge in [0.15, 0.2) is 17.4 Å². The fraction of sp³-hybridized carbons (Fsp3) is 0.462. The van der Waals surface area contributed by atoms with Crippen LogP contribution in [0.1, 0.15) is 23.7 Å². The topological polar surface area (TPSA) is 46.3 Å². The lowest BCUT2D eigenvalue weighted by Crippen LogP contribution is -2.39. The van der Waals surface area contributed by atoms with E-state index in [1.54, 1.807) is 6.92 Å². The Morgan fingerprint density at radius 2 is 2.17 bits per heavy atom. The van der Waals surface area contributed by atoms with Crippen molar-refractivity contribution in [2.24, 2.45) is 5.73 Å². The summed E-state index contributed by atoms with van der Waals surface area (Å²) in [6.45, 7) is 3.19. The van der Waals surface area contributed by atoms with E-state index in [0.717, 1.165) is 25.1 Å². The summed E-state index contributed by atoms with van der Waals surface area (Å²) < 4.78 is 25.9. The zero-order chi connectivity index (χ0) is 13.3. The molecular weight excluding hydrogens is 238 g/mol. The maximum Gasteiger partial charge on any atom is 0.179 e. The minimum Gasteiger partial charge on any atom is -0.326 e. The molecule has 1 aliphatic heterocycles. The number of halogens is 2. The van der Waals surface area contributed by atoms with Crippen LogP contribution in [0.15, 0.2) is 18.2 Å². The minimum atomic E-state index is -0.994. The lowest BCUT2D eigenvalue weighted by Gasteiger charge is -2.22. The van der Waals surface area contributed by atoms with Gasteiger partial charge in [0.05, 0.1) is 6.04 Å². The minimum absolute atomic E-state index is 0.0882. The van der Waals surface area contributed by atoms with Crippen molar-refractivity contribution in [2.75, 3.05) is 13.1 Å². The van der Waals surface area contributed by atoms with Crippen LogP contribution in [0.4, 0.5) is 8.78 Å². The number of nitrogens with two attached hydrogens (primary N) is 1. The van der Waals surface area contributed by atoms with E-state index >= 15 is 0 Å². The Labute approximate surface area is 105 Å². The molecule has 1 fully saturated rings. The second-order valence-electron chi connectivity index (χ2n) is 4.71. The summed E-state index contributed by atoms with van der Waals surface area (Å²) in [5.74, 6) is -2.14. The zero-order valence-electron chi connectivity index (χ0n) is 10.2. The predicted octanol–water partition coefficient (Wildman–Crippen LogP) is 1.57. The molecular formula is C13H16F2N2O. The van der Waals surface area contributed by atoms with Crippen molar-refractivity contribution in [3.63, 3.8) is 0 Å². The van der Waals surface area contributed by atoms with E-state index in [0.29, 0.717) is 6.54 Å². The highest BCUT2D eigenvalue weighted by atomic mass is 19.2. The summed E-state index contributed by atoms with van der Waals surface area (Å²) in [4.78, 5) is 14.1. The molecule has 98 valence electrons. The third kappa shape index (κ3) is 2.57. The van der Waals surface area contributed by atoms with E-state index in [1.807, 2.05) is 4.90 Å². The third-order valence-electron chi connectivity index (χ3n) is 3.39. The number of nitrogens with zero attached hydrogens (tertiary/aromatic N) is 1. The smallest absolute Gasteiger partial charge is 0.179 e. The molecule has 2 N–H and O–H groups in total. The van der Waals surface area contributed by atoms with Crippen LogP contribution in [0.2, 0.25) is 0 Å². The largest absolute Gasteiger partial charge is 0.326 e. The van der Waals surface area contributed by atoms with Crippen molar-refractivity contribution in [2.45, 2.75) is 25.4 Å². The van der Waals surface area contributed by atoms with Crippen LogP contribution < -0.4 is 5.73 Å². The van der Waals surface area contributed by atoms with Crippen molar-refractivity contribution in [1.82, 2.24) is 4.90 Å². The summed E-state index contributed by atoms with van der Waals surface area (Å²) in [6, 6.07) is 2.97. The monoisotopic (exact) mass is 254 g/mol. The molecule has 1 aromatic carbocycles. The molecule has 2 rings (SSSR count). The van der Waals surface area contributed by atoms with Gasteiger partial charge >= 0.3 is 0 Å². The molecule has 5 heteroatoms. The average molecular weight is 254 g/mol. The molecule has 1 aliphatic rings. The first kappa shape index (κ1) is 13.1. The highest BCUT2D eigenvalue weighted by Crippen LogP contribution is 2.16. The molecule has 1 heterocycles. The van der Waals surface area contributed by atoms with Crippen molar-refractivity contribution in [3.8, 4) is 0 Å². The van der Waals surface area contributed by atoms with Gasteiger partial charge in [-0.05, 0) is 31.5 Å². The van der Waals surface area contributed by atoms with Crippen LogP contribution in [0.5, 0.6) is 0 Å². The molecule has 1 aromatic rings. The average Bonchev–Trinajstić information content (AvgIpc) is 2.77. The van der Waals surface area contributed by atoms with Gasteiger partial charge in [-0.1, -0.05) is 0 Å². The molecule has 0 aromatic heterocycles. The first-order valence-electron chi connectivity index (χ1n) is 5.98. The van der Waals surface area contributed by atoms with Gasteiger partial charge in [-0.2, -0.15) is 0 Å². The lowest BCUT2D eigenvalue weighted by molar-refractivity contribution is 0.0865. The molecule has 0 radical (unpaired) electrons. The van der Waals surface area contributed by atoms with E-state index in [2.05, 4.69) is 0 Å². The lowest BCUT2D eigenvalue weighted by atomic mass is 10.0. The Morgan fingerprint density at radius 3 is 2.72 bits per heavy atom. The van der Waals surface area contributed by atoms with Crippen molar-refractivity contribution in [3.05, 3.63) is 35.4 Å². The number of carbonyl (C=O) groups excluding carboxylic acids is 1. The molecule has 3 nitrogen and oxygen atoms in total. The van der Waals surface area contributed by atoms with Crippen LogP contribution in [-0.2, 0) is 0 Å². The summed E-state index contributed by atoms with van der Waals surface area (Å²) in [7, 11) is 0.